The van der Waals surface area contributed by atoms with E-state index in [9.17, 15) is 0 Å². The van der Waals surface area contributed by atoms with Crippen molar-refractivity contribution < 1.29 is 4.74 Å². The van der Waals surface area contributed by atoms with E-state index in [0.29, 0.717) is 5.54 Å². The van der Waals surface area contributed by atoms with Gasteiger partial charge in [-0.25, -0.2) is 0 Å². The van der Waals surface area contributed by atoms with E-state index in [1.54, 1.807) is 0 Å². The van der Waals surface area contributed by atoms with Gasteiger partial charge in [0.1, 0.15) is 0 Å². The lowest BCUT2D eigenvalue weighted by atomic mass is 9.85. The molecule has 0 amide bonds. The predicted molar refractivity (Wildman–Crippen MR) is 53.7 cm³/mol. The highest BCUT2D eigenvalue weighted by atomic mass is 16.5. The molecule has 2 bridgehead atoms. The first kappa shape index (κ1) is 9.47. The predicted octanol–water partition coefficient (Wildman–Crippen LogP) is 1.75. The Hall–Kier alpha value is -0.0800. The molecule has 0 N–H and O–H groups in total. The molecule has 76 valence electrons. The molecule has 2 heterocycles. The Morgan fingerprint density at radius 2 is 1.62 bits per heavy atom. The lowest BCUT2D eigenvalue weighted by Crippen LogP contribution is -2.53. The fourth-order valence-electron chi connectivity index (χ4n) is 2.51. The molecule has 2 unspecified atom stereocenters. The Morgan fingerprint density at radius 1 is 1.08 bits per heavy atom. The molecule has 0 aromatic rings. The summed E-state index contributed by atoms with van der Waals surface area (Å²) in [5.74, 6) is 1.60. The van der Waals surface area contributed by atoms with Crippen LogP contribution >= 0.6 is 0 Å². The second-order valence-corrected chi connectivity index (χ2v) is 5.58. The third-order valence-corrected chi connectivity index (χ3v) is 3.28. The van der Waals surface area contributed by atoms with Crippen LogP contribution in [0.2, 0.25) is 0 Å². The third kappa shape index (κ3) is 2.05. The number of ether oxygens (including phenoxy) is 1. The normalized spacial score (nSPS) is 36.2. The van der Waals surface area contributed by atoms with E-state index in [-0.39, 0.29) is 0 Å². The maximum atomic E-state index is 5.57. The van der Waals surface area contributed by atoms with E-state index >= 15 is 0 Å². The van der Waals surface area contributed by atoms with E-state index < -0.39 is 0 Å². The molecule has 2 saturated heterocycles. The minimum absolute atomic E-state index is 0.342. The van der Waals surface area contributed by atoms with Crippen LogP contribution in [0.15, 0.2) is 0 Å². The van der Waals surface area contributed by atoms with Crippen molar-refractivity contribution >= 4 is 0 Å². The van der Waals surface area contributed by atoms with Crippen LogP contribution in [0.3, 0.4) is 0 Å². The number of piperidine rings is 1. The van der Waals surface area contributed by atoms with Crippen molar-refractivity contribution in [3.63, 3.8) is 0 Å². The van der Waals surface area contributed by atoms with Gasteiger partial charge in [0.15, 0.2) is 0 Å². The van der Waals surface area contributed by atoms with Gasteiger partial charge in [-0.15, -0.1) is 0 Å². The van der Waals surface area contributed by atoms with Crippen LogP contribution in [0, 0.1) is 11.8 Å². The van der Waals surface area contributed by atoms with Crippen molar-refractivity contribution in [1.82, 2.24) is 4.90 Å². The van der Waals surface area contributed by atoms with Crippen molar-refractivity contribution in [3.8, 4) is 0 Å². The summed E-state index contributed by atoms with van der Waals surface area (Å²) in [6.45, 7) is 11.4. The molecule has 2 aliphatic rings. The number of nitrogens with zero attached hydrogens (tertiary/aromatic N) is 1. The zero-order valence-corrected chi connectivity index (χ0v) is 9.05. The summed E-state index contributed by atoms with van der Waals surface area (Å²) in [7, 11) is 0. The Bertz CT molecular complexity index is 173. The SMILES string of the molecule is CC(C)(C)N1CC2COCC(C2)C1. The van der Waals surface area contributed by atoms with Crippen LogP contribution in [-0.2, 0) is 4.74 Å². The summed E-state index contributed by atoms with van der Waals surface area (Å²) in [4.78, 5) is 2.62. The first-order valence-corrected chi connectivity index (χ1v) is 5.38. The molecule has 2 aliphatic heterocycles. The lowest BCUT2D eigenvalue weighted by molar-refractivity contribution is -0.0632. The Labute approximate surface area is 81.3 Å². The van der Waals surface area contributed by atoms with Gasteiger partial charge >= 0.3 is 0 Å². The molecule has 0 radical (unpaired) electrons. The molecule has 0 saturated carbocycles. The summed E-state index contributed by atoms with van der Waals surface area (Å²) in [6.07, 6.45) is 1.40. The van der Waals surface area contributed by atoms with Crippen molar-refractivity contribution in [3.05, 3.63) is 0 Å². The molecular formula is C11H21NO. The van der Waals surface area contributed by atoms with Crippen LogP contribution in [0.4, 0.5) is 0 Å². The molecule has 13 heavy (non-hydrogen) atoms. The van der Waals surface area contributed by atoms with Crippen LogP contribution in [-0.4, -0.2) is 36.7 Å². The Kier molecular flexibility index (Phi) is 2.37. The van der Waals surface area contributed by atoms with Gasteiger partial charge in [0.2, 0.25) is 0 Å². The van der Waals surface area contributed by atoms with Gasteiger partial charge in [0.05, 0.1) is 13.2 Å². The number of likely N-dealkylation sites (tertiary alicyclic amines) is 1. The van der Waals surface area contributed by atoms with E-state index in [2.05, 4.69) is 25.7 Å². The fraction of sp³-hybridized carbons (Fsp3) is 1.00. The number of hydrogen-bond donors (Lipinski definition) is 0. The van der Waals surface area contributed by atoms with E-state index in [0.717, 1.165) is 25.0 Å². The lowest BCUT2D eigenvalue weighted by Gasteiger charge is -2.47. The van der Waals surface area contributed by atoms with Crippen molar-refractivity contribution in [2.24, 2.45) is 11.8 Å². The quantitative estimate of drug-likeness (QED) is 0.567. The molecule has 2 rings (SSSR count). The smallest absolute Gasteiger partial charge is 0.0506 e. The molecule has 0 aliphatic carbocycles. The molecule has 0 spiro atoms. The maximum absolute atomic E-state index is 5.57. The van der Waals surface area contributed by atoms with E-state index in [4.69, 9.17) is 4.74 Å². The summed E-state index contributed by atoms with van der Waals surface area (Å²) < 4.78 is 5.57. The van der Waals surface area contributed by atoms with Crippen molar-refractivity contribution in [1.29, 1.82) is 0 Å². The average molecular weight is 183 g/mol. The zero-order valence-electron chi connectivity index (χ0n) is 9.05. The van der Waals surface area contributed by atoms with Gasteiger partial charge < -0.3 is 4.74 Å². The maximum Gasteiger partial charge on any atom is 0.0506 e. The highest BCUT2D eigenvalue weighted by molar-refractivity contribution is 4.87. The van der Waals surface area contributed by atoms with Crippen molar-refractivity contribution in [2.45, 2.75) is 32.7 Å². The average Bonchev–Trinajstić information content (AvgIpc) is 2.01. The molecule has 2 fully saturated rings. The van der Waals surface area contributed by atoms with Crippen molar-refractivity contribution in [2.75, 3.05) is 26.3 Å². The Morgan fingerprint density at radius 3 is 2.08 bits per heavy atom. The summed E-state index contributed by atoms with van der Waals surface area (Å²) in [6, 6.07) is 0. The second-order valence-electron chi connectivity index (χ2n) is 5.58. The minimum atomic E-state index is 0.342. The van der Waals surface area contributed by atoms with Crippen LogP contribution in [0.25, 0.3) is 0 Å². The number of rotatable bonds is 0. The molecule has 2 atom stereocenters. The first-order chi connectivity index (χ1) is 6.05. The van der Waals surface area contributed by atoms with Gasteiger partial charge in [-0.05, 0) is 39.0 Å². The van der Waals surface area contributed by atoms with Gasteiger partial charge in [-0.2, -0.15) is 0 Å². The van der Waals surface area contributed by atoms with Crippen LogP contribution in [0.1, 0.15) is 27.2 Å². The van der Waals surface area contributed by atoms with Gasteiger partial charge in [0, 0.05) is 18.6 Å². The number of hydrogen-bond acceptors (Lipinski definition) is 2. The number of fused-ring (bicyclic) bond motifs is 2. The topological polar surface area (TPSA) is 12.5 Å². The van der Waals surface area contributed by atoms with Crippen LogP contribution < -0.4 is 0 Å². The summed E-state index contributed by atoms with van der Waals surface area (Å²) in [5.41, 5.74) is 0.342. The molecule has 2 nitrogen and oxygen atoms in total. The van der Waals surface area contributed by atoms with E-state index in [1.807, 2.05) is 0 Å². The summed E-state index contributed by atoms with van der Waals surface area (Å²) >= 11 is 0. The monoisotopic (exact) mass is 183 g/mol. The zero-order chi connectivity index (χ0) is 9.47. The molecule has 0 aromatic heterocycles. The highest BCUT2D eigenvalue weighted by Crippen LogP contribution is 2.30. The Balaban J connectivity index is 2.01. The van der Waals surface area contributed by atoms with Gasteiger partial charge in [0.25, 0.3) is 0 Å². The first-order valence-electron chi connectivity index (χ1n) is 5.38. The molecule has 2 heteroatoms. The third-order valence-electron chi connectivity index (χ3n) is 3.28. The van der Waals surface area contributed by atoms with Crippen LogP contribution in [0.5, 0.6) is 0 Å². The fourth-order valence-corrected chi connectivity index (χ4v) is 2.51. The molecular weight excluding hydrogens is 162 g/mol. The van der Waals surface area contributed by atoms with Gasteiger partial charge in [-0.1, -0.05) is 0 Å². The molecule has 0 aromatic carbocycles. The summed E-state index contributed by atoms with van der Waals surface area (Å²) in [5, 5.41) is 0. The van der Waals surface area contributed by atoms with Gasteiger partial charge in [-0.3, -0.25) is 4.90 Å². The second kappa shape index (κ2) is 3.25. The standard InChI is InChI=1S/C11H21NO/c1-11(2,3)12-5-9-4-10(6-12)8-13-7-9/h9-10H,4-8H2,1-3H3. The van der Waals surface area contributed by atoms with E-state index in [1.165, 1.54) is 19.5 Å². The highest BCUT2D eigenvalue weighted by Gasteiger charge is 2.35. The largest absolute Gasteiger partial charge is 0.381 e. The minimum Gasteiger partial charge on any atom is -0.381 e.